The van der Waals surface area contributed by atoms with Gasteiger partial charge in [-0.05, 0) is 13.3 Å². The highest BCUT2D eigenvalue weighted by molar-refractivity contribution is 14.0. The first-order chi connectivity index (χ1) is 10.0. The van der Waals surface area contributed by atoms with Gasteiger partial charge < -0.3 is 15.5 Å². The van der Waals surface area contributed by atoms with E-state index in [1.165, 1.54) is 4.88 Å². The van der Waals surface area contributed by atoms with Crippen LogP contribution in [-0.4, -0.2) is 55.5 Å². The predicted octanol–water partition coefficient (Wildman–Crippen LogP) is 1.65. The van der Waals surface area contributed by atoms with Crippen molar-refractivity contribution in [2.24, 2.45) is 4.99 Å². The van der Waals surface area contributed by atoms with Gasteiger partial charge >= 0.3 is 0 Å². The highest BCUT2D eigenvalue weighted by atomic mass is 127. The first-order valence-electron chi connectivity index (χ1n) is 7.16. The van der Waals surface area contributed by atoms with Crippen LogP contribution in [0.5, 0.6) is 0 Å². The molecule has 0 fully saturated rings. The van der Waals surface area contributed by atoms with E-state index >= 15 is 0 Å². The largest absolute Gasteiger partial charge is 0.356 e. The van der Waals surface area contributed by atoms with Crippen LogP contribution in [0, 0.1) is 6.92 Å². The van der Waals surface area contributed by atoms with Gasteiger partial charge in [-0.2, -0.15) is 0 Å². The molecule has 1 amide bonds. The van der Waals surface area contributed by atoms with Crippen LogP contribution in [0.15, 0.2) is 11.2 Å². The molecule has 1 heterocycles. The maximum absolute atomic E-state index is 11.6. The van der Waals surface area contributed by atoms with Crippen molar-refractivity contribution < 1.29 is 4.79 Å². The second kappa shape index (κ2) is 11.6. The molecule has 0 aromatic carbocycles. The molecule has 22 heavy (non-hydrogen) atoms. The van der Waals surface area contributed by atoms with Gasteiger partial charge in [0.2, 0.25) is 5.91 Å². The molecule has 6 nitrogen and oxygen atoms in total. The molecule has 1 aromatic rings. The fourth-order valence-electron chi connectivity index (χ4n) is 1.51. The highest BCUT2D eigenvalue weighted by Gasteiger charge is 2.04. The van der Waals surface area contributed by atoms with Crippen molar-refractivity contribution in [1.29, 1.82) is 0 Å². The molecule has 0 saturated carbocycles. The lowest BCUT2D eigenvalue weighted by Crippen LogP contribution is -2.39. The van der Waals surface area contributed by atoms with Gasteiger partial charge in [-0.15, -0.1) is 35.3 Å². The van der Waals surface area contributed by atoms with Crippen LogP contribution in [0.2, 0.25) is 0 Å². The Bertz CT molecular complexity index is 476. The average Bonchev–Trinajstić information content (AvgIpc) is 2.86. The Morgan fingerprint density at radius 1 is 1.36 bits per heavy atom. The van der Waals surface area contributed by atoms with Gasteiger partial charge in [0.05, 0.1) is 5.01 Å². The summed E-state index contributed by atoms with van der Waals surface area (Å²) in [5.74, 6) is 0.670. The maximum atomic E-state index is 11.6. The van der Waals surface area contributed by atoms with Crippen LogP contribution < -0.4 is 10.6 Å². The number of hydrogen-bond donors (Lipinski definition) is 2. The van der Waals surface area contributed by atoms with Crippen LogP contribution in [0.1, 0.15) is 23.2 Å². The van der Waals surface area contributed by atoms with E-state index in [-0.39, 0.29) is 36.4 Å². The average molecular weight is 439 g/mol. The molecule has 0 aliphatic carbocycles. The third-order valence-corrected chi connectivity index (χ3v) is 3.69. The van der Waals surface area contributed by atoms with Gasteiger partial charge in [0, 0.05) is 44.7 Å². The summed E-state index contributed by atoms with van der Waals surface area (Å²) in [4.78, 5) is 23.0. The van der Waals surface area contributed by atoms with Crippen molar-refractivity contribution in [1.82, 2.24) is 20.5 Å². The molecule has 1 aromatic heterocycles. The van der Waals surface area contributed by atoms with Crippen LogP contribution in [-0.2, 0) is 11.2 Å². The lowest BCUT2D eigenvalue weighted by Gasteiger charge is -2.12. The zero-order valence-electron chi connectivity index (χ0n) is 13.7. The Hall–Kier alpha value is -0.900. The van der Waals surface area contributed by atoms with E-state index < -0.39 is 0 Å². The lowest BCUT2D eigenvalue weighted by molar-refractivity contribution is -0.127. The minimum absolute atomic E-state index is 0. The van der Waals surface area contributed by atoms with E-state index in [9.17, 15) is 4.79 Å². The summed E-state index contributed by atoms with van der Waals surface area (Å²) in [6, 6.07) is 0. The highest BCUT2D eigenvalue weighted by Crippen LogP contribution is 2.10. The number of hydrogen-bond acceptors (Lipinski definition) is 4. The Morgan fingerprint density at radius 3 is 2.59 bits per heavy atom. The number of carbonyl (C=O) groups excluding carboxylic acids is 1. The Kier molecular flexibility index (Phi) is 11.2. The van der Waals surface area contributed by atoms with Crippen molar-refractivity contribution in [3.05, 3.63) is 16.1 Å². The van der Waals surface area contributed by atoms with Gasteiger partial charge in [-0.25, -0.2) is 9.98 Å². The van der Waals surface area contributed by atoms with Crippen molar-refractivity contribution >= 4 is 47.2 Å². The van der Waals surface area contributed by atoms with E-state index in [2.05, 4.69) is 34.5 Å². The van der Waals surface area contributed by atoms with Gasteiger partial charge in [-0.3, -0.25) is 4.79 Å². The molecule has 2 N–H and O–H groups in total. The van der Waals surface area contributed by atoms with Crippen LogP contribution in [0.4, 0.5) is 0 Å². The fourth-order valence-corrected chi connectivity index (χ4v) is 2.30. The normalized spacial score (nSPS) is 10.8. The zero-order chi connectivity index (χ0) is 15.7. The number of rotatable bonds is 7. The summed E-state index contributed by atoms with van der Waals surface area (Å²) in [6.45, 7) is 5.88. The quantitative estimate of drug-likeness (QED) is 0.385. The van der Waals surface area contributed by atoms with Crippen LogP contribution >= 0.6 is 35.3 Å². The van der Waals surface area contributed by atoms with E-state index in [0.717, 1.165) is 30.9 Å². The summed E-state index contributed by atoms with van der Waals surface area (Å²) < 4.78 is 0. The van der Waals surface area contributed by atoms with Crippen LogP contribution in [0.3, 0.4) is 0 Å². The molecular formula is C14H26IN5OS. The van der Waals surface area contributed by atoms with Gasteiger partial charge in [0.15, 0.2) is 5.96 Å². The topological polar surface area (TPSA) is 69.6 Å². The summed E-state index contributed by atoms with van der Waals surface area (Å²) >= 11 is 1.71. The Balaban J connectivity index is 0.00000441. The molecule has 0 spiro atoms. The molecule has 0 atom stereocenters. The monoisotopic (exact) mass is 439 g/mol. The number of aliphatic imine (C=N–C) groups is 1. The first-order valence-corrected chi connectivity index (χ1v) is 7.98. The van der Waals surface area contributed by atoms with E-state index in [1.54, 1.807) is 30.3 Å². The van der Waals surface area contributed by atoms with Crippen molar-refractivity contribution in [3.63, 3.8) is 0 Å². The molecule has 0 bridgehead atoms. The third kappa shape index (κ3) is 8.52. The summed E-state index contributed by atoms with van der Waals surface area (Å²) in [6.07, 6.45) is 3.75. The van der Waals surface area contributed by atoms with Gasteiger partial charge in [-0.1, -0.05) is 6.92 Å². The number of nitrogens with one attached hydrogen (secondary N) is 2. The van der Waals surface area contributed by atoms with Crippen LogP contribution in [0.25, 0.3) is 0 Å². The Morgan fingerprint density at radius 2 is 2.05 bits per heavy atom. The number of guanidine groups is 1. The number of likely N-dealkylation sites (N-methyl/N-ethyl adjacent to an activating group) is 1. The summed E-state index contributed by atoms with van der Waals surface area (Å²) in [5.41, 5.74) is 0. The number of aryl methyl sites for hydroxylation is 1. The predicted molar refractivity (Wildman–Crippen MR) is 103 cm³/mol. The number of nitrogens with zero attached hydrogens (tertiary/aromatic N) is 3. The van der Waals surface area contributed by atoms with Gasteiger partial charge in [0.25, 0.3) is 0 Å². The van der Waals surface area contributed by atoms with E-state index in [0.29, 0.717) is 5.96 Å². The smallest absolute Gasteiger partial charge is 0.243 e. The first kappa shape index (κ1) is 21.1. The van der Waals surface area contributed by atoms with E-state index in [4.69, 9.17) is 0 Å². The molecule has 8 heteroatoms. The minimum Gasteiger partial charge on any atom is -0.356 e. The number of halogens is 1. The van der Waals surface area contributed by atoms with Crippen molar-refractivity contribution in [2.45, 2.75) is 26.7 Å². The minimum atomic E-state index is -0.0110. The number of thiazole rings is 1. The fraction of sp³-hybridized carbons (Fsp3) is 0.643. The van der Waals surface area contributed by atoms with E-state index in [1.807, 2.05) is 6.20 Å². The molecule has 0 aliphatic heterocycles. The number of carbonyl (C=O) groups is 1. The van der Waals surface area contributed by atoms with Crippen molar-refractivity contribution in [3.8, 4) is 0 Å². The molecular weight excluding hydrogens is 413 g/mol. The third-order valence-electron chi connectivity index (χ3n) is 2.71. The lowest BCUT2D eigenvalue weighted by atomic mass is 10.4. The second-order valence-corrected chi connectivity index (χ2v) is 6.24. The Labute approximate surface area is 153 Å². The standard InChI is InChI=1S/C14H25N5OS.HI/c1-5-7-15-14(18-10-13(20)19(3)4)16-8-6-12-17-9-11(2)21-12;/h9H,5-8,10H2,1-4H3,(H2,15,16,18);1H. The summed E-state index contributed by atoms with van der Waals surface area (Å²) in [5, 5.41) is 7.56. The summed E-state index contributed by atoms with van der Waals surface area (Å²) in [7, 11) is 3.46. The second-order valence-electron chi connectivity index (χ2n) is 4.92. The number of aromatic nitrogens is 1. The van der Waals surface area contributed by atoms with Gasteiger partial charge in [0.1, 0.15) is 6.54 Å². The molecule has 0 aliphatic rings. The molecule has 0 unspecified atom stereocenters. The zero-order valence-corrected chi connectivity index (χ0v) is 16.8. The number of amides is 1. The maximum Gasteiger partial charge on any atom is 0.243 e. The molecule has 0 radical (unpaired) electrons. The molecule has 0 saturated heterocycles. The molecule has 1 rings (SSSR count). The van der Waals surface area contributed by atoms with Crippen molar-refractivity contribution in [2.75, 3.05) is 33.7 Å². The SMILES string of the molecule is CCCNC(=NCC(=O)N(C)C)NCCc1ncc(C)s1.I. The molecule has 126 valence electrons.